The fourth-order valence-electron chi connectivity index (χ4n) is 2.28. The van der Waals surface area contributed by atoms with Crippen LogP contribution in [0, 0.1) is 0 Å². The van der Waals surface area contributed by atoms with E-state index in [1.54, 1.807) is 25.1 Å². The van der Waals surface area contributed by atoms with Crippen molar-refractivity contribution in [3.8, 4) is 11.5 Å². The third-order valence-corrected chi connectivity index (χ3v) is 3.71. The molecule has 0 aliphatic carbocycles. The van der Waals surface area contributed by atoms with E-state index in [-0.39, 0.29) is 36.4 Å². The molecule has 0 bridgehead atoms. The standard InChI is InChI=1S/C14H12ClN3O3/c1-8(18-11(19)6-7-12(18)20)13-16-17-14(21-13)9-4-2-3-5-10(9)15/h2-5,8H,6-7H2,1H3/t8-/m0/s1. The number of benzene rings is 1. The van der Waals surface area contributed by atoms with Crippen LogP contribution in [0.1, 0.15) is 31.7 Å². The molecule has 1 aliphatic rings. The second-order valence-corrected chi connectivity index (χ2v) is 5.17. The zero-order valence-electron chi connectivity index (χ0n) is 11.2. The van der Waals surface area contributed by atoms with Crippen LogP contribution in [0.5, 0.6) is 0 Å². The molecule has 0 saturated carbocycles. The topological polar surface area (TPSA) is 76.3 Å². The van der Waals surface area contributed by atoms with Crippen LogP contribution in [0.2, 0.25) is 5.02 Å². The van der Waals surface area contributed by atoms with E-state index in [4.69, 9.17) is 16.0 Å². The Balaban J connectivity index is 1.90. The minimum atomic E-state index is -0.573. The molecule has 6 nitrogen and oxygen atoms in total. The monoisotopic (exact) mass is 305 g/mol. The van der Waals surface area contributed by atoms with Crippen LogP contribution in [0.4, 0.5) is 0 Å². The van der Waals surface area contributed by atoms with E-state index in [0.717, 1.165) is 0 Å². The minimum Gasteiger partial charge on any atom is -0.418 e. The first kappa shape index (κ1) is 13.8. The molecule has 1 atom stereocenters. The zero-order valence-corrected chi connectivity index (χ0v) is 12.0. The Morgan fingerprint density at radius 3 is 2.52 bits per heavy atom. The van der Waals surface area contributed by atoms with Gasteiger partial charge in [0.25, 0.3) is 0 Å². The summed E-state index contributed by atoms with van der Waals surface area (Å²) in [4.78, 5) is 24.6. The highest BCUT2D eigenvalue weighted by Crippen LogP contribution is 2.30. The smallest absolute Gasteiger partial charge is 0.249 e. The van der Waals surface area contributed by atoms with Crippen LogP contribution in [-0.2, 0) is 9.59 Å². The molecule has 2 heterocycles. The Hall–Kier alpha value is -2.21. The SMILES string of the molecule is C[C@@H](c1nnc(-c2ccccc2Cl)o1)N1C(=O)CCC1=O. The average molecular weight is 306 g/mol. The molecular formula is C14H12ClN3O3. The third-order valence-electron chi connectivity index (χ3n) is 3.38. The fourth-order valence-corrected chi connectivity index (χ4v) is 2.50. The molecule has 108 valence electrons. The summed E-state index contributed by atoms with van der Waals surface area (Å²) < 4.78 is 5.57. The van der Waals surface area contributed by atoms with Gasteiger partial charge in [-0.15, -0.1) is 10.2 Å². The van der Waals surface area contributed by atoms with E-state index in [9.17, 15) is 9.59 Å². The maximum absolute atomic E-state index is 11.7. The summed E-state index contributed by atoms with van der Waals surface area (Å²) in [5.74, 6) is 0.0463. The lowest BCUT2D eigenvalue weighted by Gasteiger charge is -2.18. The van der Waals surface area contributed by atoms with Crippen molar-refractivity contribution in [2.24, 2.45) is 0 Å². The van der Waals surface area contributed by atoms with Crippen LogP contribution in [0.3, 0.4) is 0 Å². The Labute approximate surface area is 125 Å². The molecule has 0 N–H and O–H groups in total. The van der Waals surface area contributed by atoms with E-state index in [0.29, 0.717) is 10.6 Å². The predicted molar refractivity (Wildman–Crippen MR) is 74.2 cm³/mol. The van der Waals surface area contributed by atoms with Gasteiger partial charge in [-0.3, -0.25) is 14.5 Å². The molecule has 1 aliphatic heterocycles. The van der Waals surface area contributed by atoms with Gasteiger partial charge in [0.2, 0.25) is 23.6 Å². The number of nitrogens with zero attached hydrogens (tertiary/aromatic N) is 3. The molecule has 1 saturated heterocycles. The molecule has 1 aromatic heterocycles. The Bertz CT molecular complexity index is 697. The molecule has 0 radical (unpaired) electrons. The quantitative estimate of drug-likeness (QED) is 0.815. The van der Waals surface area contributed by atoms with Crippen LogP contribution in [0.25, 0.3) is 11.5 Å². The molecule has 2 aromatic rings. The highest BCUT2D eigenvalue weighted by atomic mass is 35.5. The minimum absolute atomic E-state index is 0.216. The summed E-state index contributed by atoms with van der Waals surface area (Å²) in [6.07, 6.45) is 0.462. The van der Waals surface area contributed by atoms with Gasteiger partial charge in [0.05, 0.1) is 10.6 Å². The van der Waals surface area contributed by atoms with Crippen molar-refractivity contribution >= 4 is 23.4 Å². The van der Waals surface area contributed by atoms with Gasteiger partial charge in [0.1, 0.15) is 6.04 Å². The van der Waals surface area contributed by atoms with Crippen molar-refractivity contribution in [2.45, 2.75) is 25.8 Å². The largest absolute Gasteiger partial charge is 0.418 e. The first-order valence-electron chi connectivity index (χ1n) is 6.51. The zero-order chi connectivity index (χ0) is 15.0. The number of halogens is 1. The number of likely N-dealkylation sites (tertiary alicyclic amines) is 1. The normalized spacial score (nSPS) is 16.6. The van der Waals surface area contributed by atoms with Gasteiger partial charge in [-0.1, -0.05) is 23.7 Å². The number of imide groups is 1. The average Bonchev–Trinajstić information content (AvgIpc) is 3.06. The maximum atomic E-state index is 11.7. The number of hydrogen-bond acceptors (Lipinski definition) is 5. The van der Waals surface area contributed by atoms with Crippen LogP contribution < -0.4 is 0 Å². The first-order valence-corrected chi connectivity index (χ1v) is 6.89. The van der Waals surface area contributed by atoms with E-state index in [1.807, 2.05) is 6.07 Å². The maximum Gasteiger partial charge on any atom is 0.249 e. The van der Waals surface area contributed by atoms with Crippen molar-refractivity contribution in [1.29, 1.82) is 0 Å². The van der Waals surface area contributed by atoms with Gasteiger partial charge in [-0.2, -0.15) is 0 Å². The van der Waals surface area contributed by atoms with Crippen LogP contribution in [-0.4, -0.2) is 26.9 Å². The highest BCUT2D eigenvalue weighted by Gasteiger charge is 2.36. The fraction of sp³-hybridized carbons (Fsp3) is 0.286. The number of aromatic nitrogens is 2. The van der Waals surface area contributed by atoms with E-state index in [1.165, 1.54) is 4.90 Å². The summed E-state index contributed by atoms with van der Waals surface area (Å²) in [6, 6.07) is 6.51. The summed E-state index contributed by atoms with van der Waals surface area (Å²) in [5.41, 5.74) is 0.615. The van der Waals surface area contributed by atoms with Crippen molar-refractivity contribution in [3.63, 3.8) is 0 Å². The lowest BCUT2D eigenvalue weighted by molar-refractivity contribution is -0.141. The molecule has 1 aromatic carbocycles. The van der Waals surface area contributed by atoms with Crippen LogP contribution >= 0.6 is 11.6 Å². The van der Waals surface area contributed by atoms with E-state index < -0.39 is 6.04 Å². The third kappa shape index (κ3) is 2.42. The molecule has 2 amide bonds. The van der Waals surface area contributed by atoms with Crippen LogP contribution in [0.15, 0.2) is 28.7 Å². The highest BCUT2D eigenvalue weighted by molar-refractivity contribution is 6.33. The number of carbonyl (C=O) groups is 2. The molecular weight excluding hydrogens is 294 g/mol. The Morgan fingerprint density at radius 2 is 1.86 bits per heavy atom. The molecule has 3 rings (SSSR count). The summed E-state index contributed by atoms with van der Waals surface area (Å²) in [5, 5.41) is 8.36. The Kier molecular flexibility index (Phi) is 3.47. The number of amides is 2. The van der Waals surface area contributed by atoms with Gasteiger partial charge in [0, 0.05) is 12.8 Å². The lowest BCUT2D eigenvalue weighted by Crippen LogP contribution is -2.32. The second kappa shape index (κ2) is 5.29. The van der Waals surface area contributed by atoms with Gasteiger partial charge >= 0.3 is 0 Å². The van der Waals surface area contributed by atoms with E-state index >= 15 is 0 Å². The molecule has 1 fully saturated rings. The predicted octanol–water partition coefficient (Wildman–Crippen LogP) is 2.60. The summed E-state index contributed by atoms with van der Waals surface area (Å²) in [6.45, 7) is 1.69. The van der Waals surface area contributed by atoms with Gasteiger partial charge in [-0.05, 0) is 19.1 Å². The van der Waals surface area contributed by atoms with Gasteiger partial charge in [-0.25, -0.2) is 0 Å². The summed E-state index contributed by atoms with van der Waals surface area (Å²) in [7, 11) is 0. The molecule has 0 spiro atoms. The Morgan fingerprint density at radius 1 is 1.19 bits per heavy atom. The van der Waals surface area contributed by atoms with Crippen molar-refractivity contribution in [1.82, 2.24) is 15.1 Å². The first-order chi connectivity index (χ1) is 10.1. The van der Waals surface area contributed by atoms with Crippen molar-refractivity contribution < 1.29 is 14.0 Å². The molecule has 7 heteroatoms. The lowest BCUT2D eigenvalue weighted by atomic mass is 10.2. The molecule has 21 heavy (non-hydrogen) atoms. The number of carbonyl (C=O) groups excluding carboxylic acids is 2. The van der Waals surface area contributed by atoms with Crippen molar-refractivity contribution in [2.75, 3.05) is 0 Å². The van der Waals surface area contributed by atoms with Gasteiger partial charge in [0.15, 0.2) is 0 Å². The van der Waals surface area contributed by atoms with Gasteiger partial charge < -0.3 is 4.42 Å². The number of hydrogen-bond donors (Lipinski definition) is 0. The summed E-state index contributed by atoms with van der Waals surface area (Å²) >= 11 is 6.07. The van der Waals surface area contributed by atoms with E-state index in [2.05, 4.69) is 10.2 Å². The molecule has 0 unspecified atom stereocenters. The second-order valence-electron chi connectivity index (χ2n) is 4.76. The number of rotatable bonds is 3. The van der Waals surface area contributed by atoms with Crippen molar-refractivity contribution in [3.05, 3.63) is 35.2 Å².